The average molecular weight is 439 g/mol. The Morgan fingerprint density at radius 1 is 1.23 bits per heavy atom. The van der Waals surface area contributed by atoms with E-state index in [1.807, 2.05) is 11.0 Å². The van der Waals surface area contributed by atoms with Crippen LogP contribution in [0.1, 0.15) is 24.8 Å². The molecule has 1 aromatic carbocycles. The standard InChI is InChI=1S/C22H26N6O2S/c1-23-21(30)22(14-17-5-7-18(8-6-17)19-4-2-13-31-19)10-3-11-27(15-22)20(29)9-12-28-16-24-25-26-28/h2,4-8,13,16H,3,9-12,14-15H2,1H3,(H,23,30)/t22-/m1/s1. The molecule has 2 amide bonds. The Bertz CT molecular complexity index is 1000. The molecule has 0 saturated carbocycles. The maximum Gasteiger partial charge on any atom is 0.228 e. The Labute approximate surface area is 185 Å². The molecule has 0 radical (unpaired) electrons. The van der Waals surface area contributed by atoms with Crippen molar-refractivity contribution in [1.82, 2.24) is 30.4 Å². The molecule has 1 N–H and O–H groups in total. The molecule has 2 aromatic heterocycles. The third-order valence-electron chi connectivity index (χ3n) is 5.89. The number of amides is 2. The van der Waals surface area contributed by atoms with Gasteiger partial charge < -0.3 is 10.2 Å². The van der Waals surface area contributed by atoms with Gasteiger partial charge in [-0.3, -0.25) is 9.59 Å². The van der Waals surface area contributed by atoms with Gasteiger partial charge in [0.15, 0.2) is 0 Å². The van der Waals surface area contributed by atoms with Crippen molar-refractivity contribution < 1.29 is 9.59 Å². The lowest BCUT2D eigenvalue weighted by Crippen LogP contribution is -2.54. The number of tetrazole rings is 1. The van der Waals surface area contributed by atoms with Crippen molar-refractivity contribution in [3.05, 3.63) is 53.7 Å². The van der Waals surface area contributed by atoms with E-state index in [4.69, 9.17) is 0 Å². The van der Waals surface area contributed by atoms with Crippen LogP contribution in [0, 0.1) is 5.41 Å². The molecule has 3 heterocycles. The van der Waals surface area contributed by atoms with Gasteiger partial charge in [-0.05, 0) is 52.3 Å². The van der Waals surface area contributed by atoms with Gasteiger partial charge in [0.1, 0.15) is 6.33 Å². The summed E-state index contributed by atoms with van der Waals surface area (Å²) in [6.45, 7) is 1.53. The van der Waals surface area contributed by atoms with E-state index in [-0.39, 0.29) is 11.8 Å². The summed E-state index contributed by atoms with van der Waals surface area (Å²) in [6, 6.07) is 12.6. The van der Waals surface area contributed by atoms with Crippen LogP contribution in [0.5, 0.6) is 0 Å². The highest BCUT2D eigenvalue weighted by atomic mass is 32.1. The van der Waals surface area contributed by atoms with E-state index in [9.17, 15) is 9.59 Å². The quantitative estimate of drug-likeness (QED) is 0.611. The number of carbonyl (C=O) groups is 2. The molecule has 4 rings (SSSR count). The monoisotopic (exact) mass is 438 g/mol. The fourth-order valence-electron chi connectivity index (χ4n) is 4.29. The molecule has 162 valence electrons. The lowest BCUT2D eigenvalue weighted by molar-refractivity contribution is -0.141. The first-order chi connectivity index (χ1) is 15.1. The summed E-state index contributed by atoms with van der Waals surface area (Å²) < 4.78 is 1.54. The number of likely N-dealkylation sites (tertiary alicyclic amines) is 1. The van der Waals surface area contributed by atoms with Crippen LogP contribution in [0.15, 0.2) is 48.1 Å². The maximum atomic E-state index is 13.0. The van der Waals surface area contributed by atoms with Crippen LogP contribution in [0.4, 0.5) is 0 Å². The van der Waals surface area contributed by atoms with Gasteiger partial charge in [0, 0.05) is 31.4 Å². The highest BCUT2D eigenvalue weighted by Crippen LogP contribution is 2.35. The minimum Gasteiger partial charge on any atom is -0.359 e. The third-order valence-corrected chi connectivity index (χ3v) is 6.81. The first-order valence-corrected chi connectivity index (χ1v) is 11.3. The number of nitrogens with one attached hydrogen (secondary N) is 1. The lowest BCUT2D eigenvalue weighted by atomic mass is 9.74. The molecular weight excluding hydrogens is 412 g/mol. The van der Waals surface area contributed by atoms with E-state index in [2.05, 4.69) is 56.6 Å². The number of aromatic nitrogens is 4. The number of hydrogen-bond donors (Lipinski definition) is 1. The fourth-order valence-corrected chi connectivity index (χ4v) is 5.02. The summed E-state index contributed by atoms with van der Waals surface area (Å²) in [5.41, 5.74) is 1.66. The SMILES string of the molecule is CNC(=O)[C@@]1(Cc2ccc(-c3cccs3)cc2)CCCN(C(=O)CCn2cnnn2)C1. The van der Waals surface area contributed by atoms with Crippen molar-refractivity contribution in [2.24, 2.45) is 5.41 Å². The van der Waals surface area contributed by atoms with Crippen LogP contribution in [-0.2, 0) is 22.6 Å². The van der Waals surface area contributed by atoms with Crippen molar-refractivity contribution in [1.29, 1.82) is 0 Å². The number of aryl methyl sites for hydroxylation is 1. The molecule has 1 aliphatic heterocycles. The second kappa shape index (κ2) is 9.38. The topological polar surface area (TPSA) is 93.0 Å². The Hall–Kier alpha value is -3.07. The maximum absolute atomic E-state index is 13.0. The van der Waals surface area contributed by atoms with Crippen LogP contribution in [0.2, 0.25) is 0 Å². The fraction of sp³-hybridized carbons (Fsp3) is 0.409. The summed E-state index contributed by atoms with van der Waals surface area (Å²) in [7, 11) is 1.67. The zero-order valence-electron chi connectivity index (χ0n) is 17.5. The Morgan fingerprint density at radius 3 is 2.74 bits per heavy atom. The van der Waals surface area contributed by atoms with Crippen molar-refractivity contribution >= 4 is 23.2 Å². The molecule has 1 atom stereocenters. The second-order valence-corrected chi connectivity index (χ2v) is 8.90. The van der Waals surface area contributed by atoms with Crippen LogP contribution >= 0.6 is 11.3 Å². The van der Waals surface area contributed by atoms with E-state index in [0.29, 0.717) is 32.5 Å². The van der Waals surface area contributed by atoms with Crippen LogP contribution in [0.25, 0.3) is 10.4 Å². The Balaban J connectivity index is 1.47. The van der Waals surface area contributed by atoms with Gasteiger partial charge in [0.25, 0.3) is 0 Å². The molecule has 3 aromatic rings. The van der Waals surface area contributed by atoms with Gasteiger partial charge in [-0.25, -0.2) is 4.68 Å². The molecule has 1 fully saturated rings. The van der Waals surface area contributed by atoms with Crippen molar-refractivity contribution in [2.45, 2.75) is 32.2 Å². The molecule has 0 unspecified atom stereocenters. The third kappa shape index (κ3) is 4.82. The van der Waals surface area contributed by atoms with Gasteiger partial charge in [0.05, 0.1) is 12.0 Å². The first kappa shape index (κ1) is 21.2. The normalized spacial score (nSPS) is 18.7. The molecule has 0 spiro atoms. The largest absolute Gasteiger partial charge is 0.359 e. The number of hydrogen-bond acceptors (Lipinski definition) is 6. The van der Waals surface area contributed by atoms with Crippen LogP contribution < -0.4 is 5.32 Å². The van der Waals surface area contributed by atoms with E-state index in [1.54, 1.807) is 23.1 Å². The average Bonchev–Trinajstić information content (AvgIpc) is 3.52. The number of piperidine rings is 1. The van der Waals surface area contributed by atoms with Crippen LogP contribution in [-0.4, -0.2) is 57.1 Å². The smallest absolute Gasteiger partial charge is 0.228 e. The van der Waals surface area contributed by atoms with Gasteiger partial charge in [0.2, 0.25) is 11.8 Å². The molecular formula is C22H26N6O2S. The van der Waals surface area contributed by atoms with E-state index < -0.39 is 5.41 Å². The number of carbonyl (C=O) groups excluding carboxylic acids is 2. The first-order valence-electron chi connectivity index (χ1n) is 10.4. The molecule has 1 saturated heterocycles. The Morgan fingerprint density at radius 2 is 2.06 bits per heavy atom. The number of nitrogens with zero attached hydrogens (tertiary/aromatic N) is 5. The zero-order chi connectivity index (χ0) is 21.7. The van der Waals surface area contributed by atoms with E-state index in [0.717, 1.165) is 18.4 Å². The van der Waals surface area contributed by atoms with Crippen molar-refractivity contribution in [3.8, 4) is 10.4 Å². The minimum atomic E-state index is -0.623. The number of benzene rings is 1. The highest BCUT2D eigenvalue weighted by Gasteiger charge is 2.42. The Kier molecular flexibility index (Phi) is 6.41. The summed E-state index contributed by atoms with van der Waals surface area (Å²) >= 11 is 1.71. The molecule has 9 heteroatoms. The van der Waals surface area contributed by atoms with Crippen molar-refractivity contribution in [2.75, 3.05) is 20.1 Å². The summed E-state index contributed by atoms with van der Waals surface area (Å²) in [5.74, 6) is 0.0179. The van der Waals surface area contributed by atoms with Crippen molar-refractivity contribution in [3.63, 3.8) is 0 Å². The molecule has 1 aliphatic rings. The lowest BCUT2D eigenvalue weighted by Gasteiger charge is -2.41. The summed E-state index contributed by atoms with van der Waals surface area (Å²) in [6.07, 6.45) is 3.98. The molecule has 31 heavy (non-hydrogen) atoms. The van der Waals surface area contributed by atoms with Gasteiger partial charge in [-0.1, -0.05) is 30.3 Å². The summed E-state index contributed by atoms with van der Waals surface area (Å²) in [4.78, 5) is 28.9. The predicted molar refractivity (Wildman–Crippen MR) is 118 cm³/mol. The van der Waals surface area contributed by atoms with Crippen LogP contribution in [0.3, 0.4) is 0 Å². The zero-order valence-corrected chi connectivity index (χ0v) is 18.3. The molecule has 0 bridgehead atoms. The van der Waals surface area contributed by atoms with Gasteiger partial charge in [-0.2, -0.15) is 0 Å². The van der Waals surface area contributed by atoms with Gasteiger partial charge >= 0.3 is 0 Å². The second-order valence-electron chi connectivity index (χ2n) is 7.95. The number of rotatable bonds is 7. The van der Waals surface area contributed by atoms with Gasteiger partial charge in [-0.15, -0.1) is 16.4 Å². The minimum absolute atomic E-state index is 0.00666. The summed E-state index contributed by atoms with van der Waals surface area (Å²) in [5, 5.41) is 15.9. The predicted octanol–water partition coefficient (Wildman–Crippen LogP) is 2.39. The number of thiophene rings is 1. The molecule has 0 aliphatic carbocycles. The van der Waals surface area contributed by atoms with E-state index in [1.165, 1.54) is 16.8 Å². The highest BCUT2D eigenvalue weighted by molar-refractivity contribution is 7.13. The molecule has 8 nitrogen and oxygen atoms in total. The van der Waals surface area contributed by atoms with E-state index >= 15 is 0 Å².